The second kappa shape index (κ2) is 15.0. The minimum Gasteiger partial charge on any atom is -0.508 e. The van der Waals surface area contributed by atoms with E-state index < -0.39 is 0 Å². The van der Waals surface area contributed by atoms with E-state index in [1.807, 2.05) is 12.1 Å². The number of rotatable bonds is 17. The molecule has 0 radical (unpaired) electrons. The normalized spacial score (nSPS) is 11.8. The first-order valence-electron chi connectivity index (χ1n) is 12.0. The molecule has 0 saturated heterocycles. The summed E-state index contributed by atoms with van der Waals surface area (Å²) in [6.07, 6.45) is 20.9. The number of phenols is 1. The molecule has 0 bridgehead atoms. The lowest BCUT2D eigenvalue weighted by atomic mass is 9.69. The van der Waals surface area contributed by atoms with Crippen LogP contribution in [-0.4, -0.2) is 5.11 Å². The van der Waals surface area contributed by atoms with Gasteiger partial charge < -0.3 is 5.11 Å². The van der Waals surface area contributed by atoms with Gasteiger partial charge in [0, 0.05) is 5.56 Å². The summed E-state index contributed by atoms with van der Waals surface area (Å²) in [6.45, 7) is 6.86. The number of hydrogen-bond donors (Lipinski definition) is 1. The van der Waals surface area contributed by atoms with Crippen molar-refractivity contribution in [2.45, 2.75) is 129 Å². The summed E-state index contributed by atoms with van der Waals surface area (Å²) < 4.78 is 0. The SMILES string of the molecule is CCCCCCCC(CCCCC)(CCCCCCC)c1ccccc1O. The fraction of sp³-hybridized carbons (Fsp3) is 0.769. The van der Waals surface area contributed by atoms with Gasteiger partial charge in [0.15, 0.2) is 0 Å². The summed E-state index contributed by atoms with van der Waals surface area (Å²) in [6, 6.07) is 8.20. The van der Waals surface area contributed by atoms with E-state index in [0.29, 0.717) is 5.75 Å². The van der Waals surface area contributed by atoms with Crippen LogP contribution in [0, 0.1) is 0 Å². The Morgan fingerprint density at radius 3 is 1.48 bits per heavy atom. The van der Waals surface area contributed by atoms with Crippen LogP contribution in [0.2, 0.25) is 0 Å². The average Bonchev–Trinajstić information content (AvgIpc) is 2.68. The number of para-hydroxylation sites is 1. The molecule has 0 amide bonds. The third kappa shape index (κ3) is 9.17. The van der Waals surface area contributed by atoms with E-state index in [1.165, 1.54) is 108 Å². The van der Waals surface area contributed by atoms with Gasteiger partial charge in [-0.15, -0.1) is 0 Å². The van der Waals surface area contributed by atoms with Crippen LogP contribution >= 0.6 is 0 Å². The standard InChI is InChI=1S/C26H46O/c1-4-7-10-12-17-22-26(21-16-9-6-3,23-18-13-11-8-5-2)24-19-14-15-20-25(24)27/h14-15,19-20,27H,4-13,16-18,21-23H2,1-3H3. The molecule has 0 fully saturated rings. The topological polar surface area (TPSA) is 20.2 Å². The largest absolute Gasteiger partial charge is 0.508 e. The van der Waals surface area contributed by atoms with Crippen molar-refractivity contribution in [3.63, 3.8) is 0 Å². The Bertz CT molecular complexity index is 451. The van der Waals surface area contributed by atoms with Crippen molar-refractivity contribution in [3.8, 4) is 5.75 Å². The van der Waals surface area contributed by atoms with Crippen LogP contribution < -0.4 is 0 Å². The van der Waals surface area contributed by atoms with Crippen LogP contribution in [0.3, 0.4) is 0 Å². The van der Waals surface area contributed by atoms with Crippen LogP contribution in [0.5, 0.6) is 5.75 Å². The summed E-state index contributed by atoms with van der Waals surface area (Å²) in [5, 5.41) is 10.7. The molecular formula is C26H46O. The van der Waals surface area contributed by atoms with Gasteiger partial charge in [-0.05, 0) is 30.7 Å². The van der Waals surface area contributed by atoms with Gasteiger partial charge in [-0.1, -0.05) is 122 Å². The van der Waals surface area contributed by atoms with E-state index >= 15 is 0 Å². The third-order valence-corrected chi connectivity index (χ3v) is 6.25. The molecule has 0 atom stereocenters. The molecule has 27 heavy (non-hydrogen) atoms. The maximum absolute atomic E-state index is 10.7. The molecule has 1 N–H and O–H groups in total. The molecule has 0 aliphatic rings. The van der Waals surface area contributed by atoms with Gasteiger partial charge in [-0.2, -0.15) is 0 Å². The Labute approximate surface area is 170 Å². The van der Waals surface area contributed by atoms with E-state index in [0.717, 1.165) is 0 Å². The first kappa shape index (κ1) is 24.1. The van der Waals surface area contributed by atoms with E-state index in [4.69, 9.17) is 0 Å². The van der Waals surface area contributed by atoms with Crippen LogP contribution in [0.4, 0.5) is 0 Å². The minimum atomic E-state index is 0.180. The maximum atomic E-state index is 10.7. The maximum Gasteiger partial charge on any atom is 0.119 e. The first-order valence-corrected chi connectivity index (χ1v) is 12.0. The molecule has 1 aromatic rings. The second-order valence-corrected chi connectivity index (χ2v) is 8.58. The lowest BCUT2D eigenvalue weighted by Crippen LogP contribution is -2.27. The fourth-order valence-electron chi connectivity index (χ4n) is 4.55. The number of hydrogen-bond acceptors (Lipinski definition) is 1. The zero-order valence-electron chi connectivity index (χ0n) is 18.6. The molecule has 1 aromatic carbocycles. The lowest BCUT2D eigenvalue weighted by Gasteiger charge is -2.36. The molecule has 1 heteroatoms. The third-order valence-electron chi connectivity index (χ3n) is 6.25. The zero-order valence-corrected chi connectivity index (χ0v) is 18.6. The van der Waals surface area contributed by atoms with Crippen LogP contribution in [0.1, 0.15) is 129 Å². The van der Waals surface area contributed by atoms with Gasteiger partial charge >= 0.3 is 0 Å². The van der Waals surface area contributed by atoms with Crippen molar-refractivity contribution < 1.29 is 5.11 Å². The van der Waals surface area contributed by atoms with Crippen LogP contribution in [0.15, 0.2) is 24.3 Å². The molecule has 0 spiro atoms. The Balaban J connectivity index is 2.89. The molecule has 0 saturated carbocycles. The second-order valence-electron chi connectivity index (χ2n) is 8.58. The predicted octanol–water partition coefficient (Wildman–Crippen LogP) is 8.93. The highest BCUT2D eigenvalue weighted by Crippen LogP contribution is 2.44. The highest BCUT2D eigenvalue weighted by Gasteiger charge is 2.32. The van der Waals surface area contributed by atoms with Gasteiger partial charge in [0.2, 0.25) is 0 Å². The number of benzene rings is 1. The summed E-state index contributed by atoms with van der Waals surface area (Å²) in [5.74, 6) is 0.524. The van der Waals surface area contributed by atoms with Crippen molar-refractivity contribution >= 4 is 0 Å². The van der Waals surface area contributed by atoms with E-state index in [-0.39, 0.29) is 5.41 Å². The Hall–Kier alpha value is -0.980. The summed E-state index contributed by atoms with van der Waals surface area (Å²) in [4.78, 5) is 0. The molecule has 0 aliphatic heterocycles. The monoisotopic (exact) mass is 374 g/mol. The van der Waals surface area contributed by atoms with Crippen molar-refractivity contribution in [2.24, 2.45) is 0 Å². The van der Waals surface area contributed by atoms with Crippen molar-refractivity contribution in [2.75, 3.05) is 0 Å². The number of aromatic hydroxyl groups is 1. The van der Waals surface area contributed by atoms with Crippen LogP contribution in [0.25, 0.3) is 0 Å². The van der Waals surface area contributed by atoms with Crippen molar-refractivity contribution in [1.29, 1.82) is 0 Å². The minimum absolute atomic E-state index is 0.180. The molecule has 0 unspecified atom stereocenters. The Morgan fingerprint density at radius 2 is 1.00 bits per heavy atom. The summed E-state index contributed by atoms with van der Waals surface area (Å²) >= 11 is 0. The van der Waals surface area contributed by atoms with Crippen molar-refractivity contribution in [1.82, 2.24) is 0 Å². The number of unbranched alkanes of at least 4 members (excludes halogenated alkanes) is 10. The van der Waals surface area contributed by atoms with Gasteiger partial charge in [0.1, 0.15) is 5.75 Å². The number of phenolic OH excluding ortho intramolecular Hbond substituents is 1. The lowest BCUT2D eigenvalue weighted by molar-refractivity contribution is 0.290. The Kier molecular flexibility index (Phi) is 13.4. The smallest absolute Gasteiger partial charge is 0.119 e. The summed E-state index contributed by atoms with van der Waals surface area (Å²) in [7, 11) is 0. The van der Waals surface area contributed by atoms with Crippen molar-refractivity contribution in [3.05, 3.63) is 29.8 Å². The Morgan fingerprint density at radius 1 is 0.593 bits per heavy atom. The van der Waals surface area contributed by atoms with E-state index in [9.17, 15) is 5.11 Å². The highest BCUT2D eigenvalue weighted by atomic mass is 16.3. The van der Waals surface area contributed by atoms with Gasteiger partial charge in [0.25, 0.3) is 0 Å². The first-order chi connectivity index (χ1) is 13.2. The molecular weight excluding hydrogens is 328 g/mol. The molecule has 1 rings (SSSR count). The van der Waals surface area contributed by atoms with Gasteiger partial charge in [-0.25, -0.2) is 0 Å². The van der Waals surface area contributed by atoms with Gasteiger partial charge in [-0.3, -0.25) is 0 Å². The zero-order chi connectivity index (χ0) is 19.8. The molecule has 1 nitrogen and oxygen atoms in total. The summed E-state index contributed by atoms with van der Waals surface area (Å²) in [5.41, 5.74) is 1.41. The quantitative estimate of drug-likeness (QED) is 0.270. The van der Waals surface area contributed by atoms with E-state index in [1.54, 1.807) is 0 Å². The molecule has 0 heterocycles. The molecule has 156 valence electrons. The molecule has 0 aliphatic carbocycles. The van der Waals surface area contributed by atoms with E-state index in [2.05, 4.69) is 32.9 Å². The van der Waals surface area contributed by atoms with Crippen LogP contribution in [-0.2, 0) is 5.41 Å². The van der Waals surface area contributed by atoms with Gasteiger partial charge in [0.05, 0.1) is 0 Å². The highest BCUT2D eigenvalue weighted by molar-refractivity contribution is 5.38. The fourth-order valence-corrected chi connectivity index (χ4v) is 4.55. The molecule has 0 aromatic heterocycles. The average molecular weight is 375 g/mol. The predicted molar refractivity (Wildman–Crippen MR) is 121 cm³/mol.